The van der Waals surface area contributed by atoms with Crippen LogP contribution < -0.4 is 20.1 Å². The lowest BCUT2D eigenvalue weighted by Crippen LogP contribution is -2.36. The van der Waals surface area contributed by atoms with Gasteiger partial charge >= 0.3 is 0 Å². The summed E-state index contributed by atoms with van der Waals surface area (Å²) < 4.78 is 10.7. The summed E-state index contributed by atoms with van der Waals surface area (Å²) in [4.78, 5) is 4.26. The van der Waals surface area contributed by atoms with E-state index in [2.05, 4.69) is 34.7 Å². The molecule has 1 heterocycles. The van der Waals surface area contributed by atoms with Crippen LogP contribution in [0.2, 0.25) is 0 Å². The molecule has 0 fully saturated rings. The van der Waals surface area contributed by atoms with Crippen LogP contribution in [-0.4, -0.2) is 19.8 Å². The van der Waals surface area contributed by atoms with Crippen LogP contribution in [0.5, 0.6) is 11.5 Å². The first-order chi connectivity index (χ1) is 11.3. The Morgan fingerprint density at radius 3 is 2.65 bits per heavy atom. The largest absolute Gasteiger partial charge is 0.454 e. The molecule has 1 aliphatic rings. The standard InChI is InChI=1S/C18H21N3O2/c1-13-5-3-4-6-15(13)11-21-18(19-2)20-10-14-7-8-16-17(9-14)23-12-22-16/h3-9H,10-12H2,1-2H3,(H2,19,20,21). The Labute approximate surface area is 136 Å². The lowest BCUT2D eigenvalue weighted by Gasteiger charge is -2.13. The normalized spacial score (nSPS) is 13.0. The fourth-order valence-corrected chi connectivity index (χ4v) is 2.44. The number of fused-ring (bicyclic) bond motifs is 1. The second-order valence-corrected chi connectivity index (χ2v) is 5.39. The monoisotopic (exact) mass is 311 g/mol. The van der Waals surface area contributed by atoms with Gasteiger partial charge in [0.2, 0.25) is 6.79 Å². The number of nitrogens with zero attached hydrogens (tertiary/aromatic N) is 1. The van der Waals surface area contributed by atoms with E-state index in [1.54, 1.807) is 7.05 Å². The van der Waals surface area contributed by atoms with Crippen LogP contribution in [0.15, 0.2) is 47.5 Å². The van der Waals surface area contributed by atoms with Gasteiger partial charge in [0.25, 0.3) is 0 Å². The summed E-state index contributed by atoms with van der Waals surface area (Å²) >= 11 is 0. The molecule has 0 unspecified atom stereocenters. The molecule has 5 heteroatoms. The van der Waals surface area contributed by atoms with E-state index in [1.165, 1.54) is 11.1 Å². The highest BCUT2D eigenvalue weighted by Crippen LogP contribution is 2.32. The van der Waals surface area contributed by atoms with Crippen LogP contribution in [0.1, 0.15) is 16.7 Å². The molecule has 120 valence electrons. The van der Waals surface area contributed by atoms with Crippen molar-refractivity contribution in [3.8, 4) is 11.5 Å². The molecule has 3 rings (SSSR count). The number of guanidine groups is 1. The van der Waals surface area contributed by atoms with E-state index in [4.69, 9.17) is 9.47 Å². The zero-order valence-corrected chi connectivity index (χ0v) is 13.4. The fourth-order valence-electron chi connectivity index (χ4n) is 2.44. The van der Waals surface area contributed by atoms with Gasteiger partial charge in [0.15, 0.2) is 17.5 Å². The Kier molecular flexibility index (Phi) is 4.66. The Balaban J connectivity index is 1.55. The fraction of sp³-hybridized carbons (Fsp3) is 0.278. The van der Waals surface area contributed by atoms with Gasteiger partial charge in [-0.3, -0.25) is 4.99 Å². The summed E-state index contributed by atoms with van der Waals surface area (Å²) in [5, 5.41) is 6.64. The molecule has 2 N–H and O–H groups in total. The molecule has 2 aromatic rings. The molecule has 0 atom stereocenters. The first-order valence-electron chi connectivity index (χ1n) is 7.64. The summed E-state index contributed by atoms with van der Waals surface area (Å²) in [5.41, 5.74) is 3.65. The third-order valence-corrected chi connectivity index (χ3v) is 3.83. The summed E-state index contributed by atoms with van der Waals surface area (Å²) in [6.45, 7) is 3.82. The third-order valence-electron chi connectivity index (χ3n) is 3.83. The average molecular weight is 311 g/mol. The Morgan fingerprint density at radius 1 is 1.04 bits per heavy atom. The quantitative estimate of drug-likeness (QED) is 0.673. The molecule has 5 nitrogen and oxygen atoms in total. The summed E-state index contributed by atoms with van der Waals surface area (Å²) in [7, 11) is 1.77. The predicted octanol–water partition coefficient (Wildman–Crippen LogP) is 2.59. The minimum atomic E-state index is 0.297. The smallest absolute Gasteiger partial charge is 0.231 e. The van der Waals surface area contributed by atoms with Crippen molar-refractivity contribution >= 4 is 5.96 Å². The number of aryl methyl sites for hydroxylation is 1. The maximum absolute atomic E-state index is 5.39. The number of aliphatic imine (C=N–C) groups is 1. The average Bonchev–Trinajstić information content (AvgIpc) is 3.04. The first-order valence-corrected chi connectivity index (χ1v) is 7.64. The number of nitrogens with one attached hydrogen (secondary N) is 2. The van der Waals surface area contributed by atoms with Crippen molar-refractivity contribution < 1.29 is 9.47 Å². The van der Waals surface area contributed by atoms with Gasteiger partial charge in [-0.1, -0.05) is 30.3 Å². The molecule has 0 saturated carbocycles. The molecule has 0 spiro atoms. The summed E-state index contributed by atoms with van der Waals surface area (Å²) in [5.74, 6) is 2.37. The van der Waals surface area contributed by atoms with Crippen LogP contribution >= 0.6 is 0 Å². The molecule has 0 bridgehead atoms. The predicted molar refractivity (Wildman–Crippen MR) is 90.8 cm³/mol. The number of hydrogen-bond donors (Lipinski definition) is 2. The lowest BCUT2D eigenvalue weighted by molar-refractivity contribution is 0.174. The topological polar surface area (TPSA) is 54.9 Å². The van der Waals surface area contributed by atoms with Crippen molar-refractivity contribution in [3.05, 3.63) is 59.2 Å². The van der Waals surface area contributed by atoms with Gasteiger partial charge in [-0.2, -0.15) is 0 Å². The Bertz CT molecular complexity index is 713. The van der Waals surface area contributed by atoms with Gasteiger partial charge in [0, 0.05) is 20.1 Å². The SMILES string of the molecule is CN=C(NCc1ccc2c(c1)OCO2)NCc1ccccc1C. The maximum Gasteiger partial charge on any atom is 0.231 e. The van der Waals surface area contributed by atoms with Crippen LogP contribution in [0.3, 0.4) is 0 Å². The van der Waals surface area contributed by atoms with E-state index < -0.39 is 0 Å². The van der Waals surface area contributed by atoms with E-state index in [9.17, 15) is 0 Å². The van der Waals surface area contributed by atoms with Crippen LogP contribution in [0.4, 0.5) is 0 Å². The second-order valence-electron chi connectivity index (χ2n) is 5.39. The highest BCUT2D eigenvalue weighted by Gasteiger charge is 2.13. The number of hydrogen-bond acceptors (Lipinski definition) is 3. The molecular formula is C18H21N3O2. The first kappa shape index (κ1) is 15.2. The molecule has 0 radical (unpaired) electrons. The second kappa shape index (κ2) is 7.05. The van der Waals surface area contributed by atoms with Gasteiger partial charge in [-0.05, 0) is 35.7 Å². The maximum atomic E-state index is 5.39. The zero-order chi connectivity index (χ0) is 16.1. The van der Waals surface area contributed by atoms with Gasteiger partial charge in [-0.25, -0.2) is 0 Å². The van der Waals surface area contributed by atoms with Crippen LogP contribution in [0, 0.1) is 6.92 Å². The van der Waals surface area contributed by atoms with Crippen molar-refractivity contribution in [3.63, 3.8) is 0 Å². The molecule has 0 amide bonds. The molecule has 0 aromatic heterocycles. The molecule has 23 heavy (non-hydrogen) atoms. The van der Waals surface area contributed by atoms with Crippen molar-refractivity contribution in [2.24, 2.45) is 4.99 Å². The minimum absolute atomic E-state index is 0.297. The van der Waals surface area contributed by atoms with Crippen molar-refractivity contribution in [1.82, 2.24) is 10.6 Å². The van der Waals surface area contributed by atoms with Gasteiger partial charge in [0.1, 0.15) is 0 Å². The van der Waals surface area contributed by atoms with Crippen molar-refractivity contribution in [2.45, 2.75) is 20.0 Å². The molecule has 1 aliphatic heterocycles. The summed E-state index contributed by atoms with van der Waals surface area (Å²) in [6, 6.07) is 14.3. The zero-order valence-electron chi connectivity index (χ0n) is 13.4. The van der Waals surface area contributed by atoms with E-state index in [0.29, 0.717) is 13.3 Å². The molecular weight excluding hydrogens is 290 g/mol. The third kappa shape index (κ3) is 3.74. The Hall–Kier alpha value is -2.69. The van der Waals surface area contributed by atoms with Crippen molar-refractivity contribution in [1.29, 1.82) is 0 Å². The van der Waals surface area contributed by atoms with E-state index in [1.807, 2.05) is 30.3 Å². The van der Waals surface area contributed by atoms with E-state index in [0.717, 1.165) is 29.6 Å². The minimum Gasteiger partial charge on any atom is -0.454 e. The molecule has 0 saturated heterocycles. The van der Waals surface area contributed by atoms with Gasteiger partial charge in [0.05, 0.1) is 0 Å². The molecule has 2 aromatic carbocycles. The van der Waals surface area contributed by atoms with E-state index in [-0.39, 0.29) is 0 Å². The van der Waals surface area contributed by atoms with Crippen LogP contribution in [-0.2, 0) is 13.1 Å². The highest BCUT2D eigenvalue weighted by atomic mass is 16.7. The highest BCUT2D eigenvalue weighted by molar-refractivity contribution is 5.79. The Morgan fingerprint density at radius 2 is 1.83 bits per heavy atom. The van der Waals surface area contributed by atoms with Crippen LogP contribution in [0.25, 0.3) is 0 Å². The van der Waals surface area contributed by atoms with Gasteiger partial charge in [-0.15, -0.1) is 0 Å². The summed E-state index contributed by atoms with van der Waals surface area (Å²) in [6.07, 6.45) is 0. The van der Waals surface area contributed by atoms with Crippen molar-refractivity contribution in [2.75, 3.05) is 13.8 Å². The van der Waals surface area contributed by atoms with E-state index >= 15 is 0 Å². The lowest BCUT2D eigenvalue weighted by atomic mass is 10.1. The number of rotatable bonds is 4. The number of benzene rings is 2. The van der Waals surface area contributed by atoms with Gasteiger partial charge < -0.3 is 20.1 Å². The number of ether oxygens (including phenoxy) is 2. The molecule has 0 aliphatic carbocycles.